The van der Waals surface area contributed by atoms with Crippen LogP contribution >= 0.6 is 23.2 Å². The number of aliphatic carboxylic acids is 1. The van der Waals surface area contributed by atoms with E-state index in [1.165, 1.54) is 6.07 Å². The van der Waals surface area contributed by atoms with Crippen LogP contribution < -0.4 is 10.1 Å². The smallest absolute Gasteiger partial charge is 0.411 e. The molecule has 0 unspecified atom stereocenters. The van der Waals surface area contributed by atoms with E-state index in [-0.39, 0.29) is 19.6 Å². The molecule has 8 nitrogen and oxygen atoms in total. The molecule has 29 heavy (non-hydrogen) atoms. The lowest BCUT2D eigenvalue weighted by Crippen LogP contribution is -2.57. The van der Waals surface area contributed by atoms with Gasteiger partial charge in [0, 0.05) is 18.7 Å². The zero-order valence-electron chi connectivity index (χ0n) is 16.4. The van der Waals surface area contributed by atoms with Crippen molar-refractivity contribution in [1.29, 1.82) is 0 Å². The maximum Gasteiger partial charge on any atom is 0.411 e. The van der Waals surface area contributed by atoms with Crippen molar-refractivity contribution >= 4 is 41.2 Å². The molecule has 0 bridgehead atoms. The number of carboxylic acid groups (broad SMARTS) is 1. The Balaban J connectivity index is 1.94. The molecular weight excluding hydrogens is 423 g/mol. The molecule has 1 heterocycles. The SMILES string of the molecule is CC(C)(C)OC(=O)N1C[C@@H](NC(=O)COc2ccc(Cl)c(Cl)c2)CC[C@@H]1C(=O)O. The molecule has 0 aliphatic carbocycles. The Hall–Kier alpha value is -2.19. The number of ether oxygens (including phenoxy) is 2. The highest BCUT2D eigenvalue weighted by Crippen LogP contribution is 2.26. The van der Waals surface area contributed by atoms with Crippen molar-refractivity contribution in [1.82, 2.24) is 10.2 Å². The van der Waals surface area contributed by atoms with Crippen LogP contribution in [0, 0.1) is 0 Å². The van der Waals surface area contributed by atoms with E-state index in [1.54, 1.807) is 32.9 Å². The minimum Gasteiger partial charge on any atom is -0.484 e. The number of likely N-dealkylation sites (tertiary alicyclic amines) is 1. The third-order valence-electron chi connectivity index (χ3n) is 4.12. The molecule has 0 radical (unpaired) electrons. The number of piperidine rings is 1. The van der Waals surface area contributed by atoms with Gasteiger partial charge in [0.1, 0.15) is 17.4 Å². The largest absolute Gasteiger partial charge is 0.484 e. The van der Waals surface area contributed by atoms with E-state index in [0.717, 1.165) is 4.90 Å². The lowest BCUT2D eigenvalue weighted by atomic mass is 9.98. The fraction of sp³-hybridized carbons (Fsp3) is 0.526. The highest BCUT2D eigenvalue weighted by Gasteiger charge is 2.38. The monoisotopic (exact) mass is 446 g/mol. The van der Waals surface area contributed by atoms with Gasteiger partial charge in [-0.1, -0.05) is 23.2 Å². The predicted molar refractivity (Wildman–Crippen MR) is 107 cm³/mol. The molecule has 0 saturated carbocycles. The Kier molecular flexibility index (Phi) is 7.60. The van der Waals surface area contributed by atoms with Crippen molar-refractivity contribution in [3.05, 3.63) is 28.2 Å². The third-order valence-corrected chi connectivity index (χ3v) is 4.86. The molecule has 2 amide bonds. The third kappa shape index (κ3) is 6.97. The van der Waals surface area contributed by atoms with E-state index in [0.29, 0.717) is 22.2 Å². The van der Waals surface area contributed by atoms with Crippen molar-refractivity contribution in [3.63, 3.8) is 0 Å². The molecule has 0 spiro atoms. The van der Waals surface area contributed by atoms with E-state index in [4.69, 9.17) is 32.7 Å². The minimum absolute atomic E-state index is 0.0321. The molecule has 1 saturated heterocycles. The fourth-order valence-corrected chi connectivity index (χ4v) is 3.14. The number of amides is 2. The second-order valence-corrected chi connectivity index (χ2v) is 8.51. The number of hydrogen-bond donors (Lipinski definition) is 2. The molecule has 2 atom stereocenters. The van der Waals surface area contributed by atoms with Crippen LogP contribution in [0.5, 0.6) is 5.75 Å². The number of benzene rings is 1. The number of carbonyl (C=O) groups excluding carboxylic acids is 2. The van der Waals surface area contributed by atoms with Gasteiger partial charge in [-0.25, -0.2) is 9.59 Å². The van der Waals surface area contributed by atoms with Crippen LogP contribution in [0.15, 0.2) is 18.2 Å². The molecular formula is C19H24Cl2N2O6. The highest BCUT2D eigenvalue weighted by atomic mass is 35.5. The first kappa shape index (κ1) is 23.1. The van der Waals surface area contributed by atoms with Crippen molar-refractivity contribution < 1.29 is 29.0 Å². The highest BCUT2D eigenvalue weighted by molar-refractivity contribution is 6.42. The molecule has 1 aromatic rings. The molecule has 10 heteroatoms. The van der Waals surface area contributed by atoms with Crippen LogP contribution in [0.25, 0.3) is 0 Å². The van der Waals surface area contributed by atoms with Crippen molar-refractivity contribution in [3.8, 4) is 5.75 Å². The van der Waals surface area contributed by atoms with Gasteiger partial charge in [0.2, 0.25) is 0 Å². The summed E-state index contributed by atoms with van der Waals surface area (Å²) >= 11 is 11.7. The van der Waals surface area contributed by atoms with Crippen LogP contribution in [-0.2, 0) is 14.3 Å². The first-order chi connectivity index (χ1) is 13.5. The van der Waals surface area contributed by atoms with E-state index >= 15 is 0 Å². The zero-order valence-corrected chi connectivity index (χ0v) is 17.9. The second-order valence-electron chi connectivity index (χ2n) is 7.69. The number of rotatable bonds is 5. The van der Waals surface area contributed by atoms with Gasteiger partial charge < -0.3 is 19.9 Å². The van der Waals surface area contributed by atoms with Crippen LogP contribution in [0.1, 0.15) is 33.6 Å². The lowest BCUT2D eigenvalue weighted by molar-refractivity contribution is -0.144. The molecule has 1 aliphatic rings. The zero-order chi connectivity index (χ0) is 21.8. The molecule has 2 rings (SSSR count). The standard InChI is InChI=1S/C19H24Cl2N2O6/c1-19(2,3)29-18(27)23-9-11(4-7-15(23)17(25)26)22-16(24)10-28-12-5-6-13(20)14(21)8-12/h5-6,8,11,15H,4,7,9-10H2,1-3H3,(H,22,24)(H,25,26)/t11-,15+/m0/s1. The predicted octanol–water partition coefficient (Wildman–Crippen LogP) is 3.34. The normalized spacial score (nSPS) is 19.4. The van der Waals surface area contributed by atoms with Gasteiger partial charge in [0.15, 0.2) is 6.61 Å². The van der Waals surface area contributed by atoms with Crippen LogP contribution in [0.4, 0.5) is 4.79 Å². The van der Waals surface area contributed by atoms with Gasteiger partial charge >= 0.3 is 12.1 Å². The van der Waals surface area contributed by atoms with Gasteiger partial charge in [-0.15, -0.1) is 0 Å². The first-order valence-corrected chi connectivity index (χ1v) is 9.81. The summed E-state index contributed by atoms with van der Waals surface area (Å²) in [7, 11) is 0. The summed E-state index contributed by atoms with van der Waals surface area (Å²) in [5.74, 6) is -1.12. The molecule has 1 fully saturated rings. The van der Waals surface area contributed by atoms with E-state index < -0.39 is 35.7 Å². The fourth-order valence-electron chi connectivity index (χ4n) is 2.85. The molecule has 160 valence electrons. The lowest BCUT2D eigenvalue weighted by Gasteiger charge is -2.38. The number of carbonyl (C=O) groups is 3. The summed E-state index contributed by atoms with van der Waals surface area (Å²) in [6.07, 6.45) is -0.113. The van der Waals surface area contributed by atoms with E-state index in [9.17, 15) is 19.5 Å². The van der Waals surface area contributed by atoms with Crippen LogP contribution in [-0.4, -0.2) is 58.8 Å². The average molecular weight is 447 g/mol. The van der Waals surface area contributed by atoms with E-state index in [2.05, 4.69) is 5.32 Å². The van der Waals surface area contributed by atoms with Gasteiger partial charge in [-0.05, 0) is 45.7 Å². The second kappa shape index (κ2) is 9.54. The minimum atomic E-state index is -1.11. The van der Waals surface area contributed by atoms with Gasteiger partial charge in [0.05, 0.1) is 10.0 Å². The molecule has 2 N–H and O–H groups in total. The summed E-state index contributed by atoms with van der Waals surface area (Å²) in [5.41, 5.74) is -0.760. The molecule has 1 aliphatic heterocycles. The summed E-state index contributed by atoms with van der Waals surface area (Å²) in [5, 5.41) is 12.8. The number of hydrogen-bond acceptors (Lipinski definition) is 5. The van der Waals surface area contributed by atoms with E-state index in [1.807, 2.05) is 0 Å². The maximum absolute atomic E-state index is 12.4. The van der Waals surface area contributed by atoms with Crippen molar-refractivity contribution in [2.75, 3.05) is 13.2 Å². The number of nitrogens with one attached hydrogen (secondary N) is 1. The number of halogens is 2. The average Bonchev–Trinajstić information content (AvgIpc) is 2.61. The number of nitrogens with zero attached hydrogens (tertiary/aromatic N) is 1. The van der Waals surface area contributed by atoms with Crippen molar-refractivity contribution in [2.24, 2.45) is 0 Å². The summed E-state index contributed by atoms with van der Waals surface area (Å²) < 4.78 is 10.7. The molecule has 1 aromatic carbocycles. The Morgan fingerprint density at radius 3 is 2.48 bits per heavy atom. The Morgan fingerprint density at radius 1 is 1.21 bits per heavy atom. The van der Waals surface area contributed by atoms with Gasteiger partial charge in [-0.3, -0.25) is 9.69 Å². The maximum atomic E-state index is 12.4. The first-order valence-electron chi connectivity index (χ1n) is 9.06. The Bertz CT molecular complexity index is 780. The van der Waals surface area contributed by atoms with Crippen molar-refractivity contribution in [2.45, 2.75) is 51.3 Å². The Labute approximate surface area is 179 Å². The summed E-state index contributed by atoms with van der Waals surface area (Å²) in [6.45, 7) is 4.87. The number of carboxylic acids is 1. The summed E-state index contributed by atoms with van der Waals surface area (Å²) in [6, 6.07) is 3.24. The van der Waals surface area contributed by atoms with Crippen LogP contribution in [0.3, 0.4) is 0 Å². The quantitative estimate of drug-likeness (QED) is 0.718. The van der Waals surface area contributed by atoms with Crippen LogP contribution in [0.2, 0.25) is 10.0 Å². The molecule has 0 aromatic heterocycles. The van der Waals surface area contributed by atoms with Gasteiger partial charge in [0.25, 0.3) is 5.91 Å². The topological polar surface area (TPSA) is 105 Å². The Morgan fingerprint density at radius 2 is 1.90 bits per heavy atom. The summed E-state index contributed by atoms with van der Waals surface area (Å²) in [4.78, 5) is 37.3. The van der Waals surface area contributed by atoms with Gasteiger partial charge in [-0.2, -0.15) is 0 Å².